The first-order chi connectivity index (χ1) is 7.75. The van der Waals surface area contributed by atoms with E-state index in [2.05, 4.69) is 12.2 Å². The van der Waals surface area contributed by atoms with Crippen molar-refractivity contribution in [1.82, 2.24) is 10.2 Å². The average molecular weight is 226 g/mol. The van der Waals surface area contributed by atoms with Crippen LogP contribution in [-0.4, -0.2) is 37.0 Å². The molecule has 0 spiro atoms. The molecule has 94 valence electrons. The van der Waals surface area contributed by atoms with Gasteiger partial charge in [-0.2, -0.15) is 0 Å². The van der Waals surface area contributed by atoms with Crippen molar-refractivity contribution < 1.29 is 4.79 Å². The standard InChI is InChI=1S/C13H26N2O/c1-3-10-14-11-13(16)15(2)12-8-6-4-5-7-9-12/h12,14H,3-11H2,1-2H3. The second kappa shape index (κ2) is 7.66. The van der Waals surface area contributed by atoms with Gasteiger partial charge in [0.25, 0.3) is 0 Å². The molecule has 1 amide bonds. The summed E-state index contributed by atoms with van der Waals surface area (Å²) in [6.45, 7) is 3.55. The normalized spacial score (nSPS) is 18.1. The molecule has 1 aliphatic rings. The topological polar surface area (TPSA) is 32.3 Å². The smallest absolute Gasteiger partial charge is 0.236 e. The summed E-state index contributed by atoms with van der Waals surface area (Å²) in [6.07, 6.45) is 8.71. The van der Waals surface area contributed by atoms with Crippen LogP contribution in [0.3, 0.4) is 0 Å². The first kappa shape index (κ1) is 13.5. The van der Waals surface area contributed by atoms with Crippen LogP contribution in [0.15, 0.2) is 0 Å². The van der Waals surface area contributed by atoms with Crippen molar-refractivity contribution in [2.24, 2.45) is 0 Å². The first-order valence-corrected chi connectivity index (χ1v) is 6.72. The summed E-state index contributed by atoms with van der Waals surface area (Å²) < 4.78 is 0. The molecule has 0 bridgehead atoms. The Labute approximate surface area is 99.6 Å². The molecule has 0 saturated heterocycles. The largest absolute Gasteiger partial charge is 0.342 e. The average Bonchev–Trinajstić information content (AvgIpc) is 2.56. The number of carbonyl (C=O) groups is 1. The van der Waals surface area contributed by atoms with Gasteiger partial charge in [0.2, 0.25) is 5.91 Å². The van der Waals surface area contributed by atoms with Crippen molar-refractivity contribution in [3.63, 3.8) is 0 Å². The highest BCUT2D eigenvalue weighted by atomic mass is 16.2. The maximum absolute atomic E-state index is 11.9. The fourth-order valence-electron chi connectivity index (χ4n) is 2.35. The van der Waals surface area contributed by atoms with Crippen molar-refractivity contribution in [1.29, 1.82) is 0 Å². The van der Waals surface area contributed by atoms with Crippen molar-refractivity contribution in [2.45, 2.75) is 57.9 Å². The van der Waals surface area contributed by atoms with Crippen LogP contribution in [-0.2, 0) is 4.79 Å². The first-order valence-electron chi connectivity index (χ1n) is 6.72. The minimum absolute atomic E-state index is 0.250. The number of nitrogens with one attached hydrogen (secondary N) is 1. The Bertz CT molecular complexity index is 198. The molecule has 1 aliphatic carbocycles. The molecule has 0 unspecified atom stereocenters. The van der Waals surface area contributed by atoms with E-state index in [0.717, 1.165) is 13.0 Å². The molecule has 1 fully saturated rings. The van der Waals surface area contributed by atoms with E-state index in [9.17, 15) is 4.79 Å². The van der Waals surface area contributed by atoms with Gasteiger partial charge >= 0.3 is 0 Å². The van der Waals surface area contributed by atoms with E-state index in [0.29, 0.717) is 12.6 Å². The summed E-state index contributed by atoms with van der Waals surface area (Å²) in [6, 6.07) is 0.485. The Morgan fingerprint density at radius 3 is 2.44 bits per heavy atom. The lowest BCUT2D eigenvalue weighted by molar-refractivity contribution is -0.131. The van der Waals surface area contributed by atoms with Crippen molar-refractivity contribution >= 4 is 5.91 Å². The fraction of sp³-hybridized carbons (Fsp3) is 0.923. The van der Waals surface area contributed by atoms with Gasteiger partial charge in [-0.15, -0.1) is 0 Å². The van der Waals surface area contributed by atoms with Gasteiger partial charge in [-0.05, 0) is 25.8 Å². The quantitative estimate of drug-likeness (QED) is 0.575. The second-order valence-electron chi connectivity index (χ2n) is 4.83. The number of likely N-dealkylation sites (N-methyl/N-ethyl adjacent to an activating group) is 1. The molecule has 3 nitrogen and oxygen atoms in total. The zero-order chi connectivity index (χ0) is 11.8. The molecule has 0 atom stereocenters. The van der Waals surface area contributed by atoms with Gasteiger partial charge in [-0.25, -0.2) is 0 Å². The fourth-order valence-corrected chi connectivity index (χ4v) is 2.35. The van der Waals surface area contributed by atoms with Crippen molar-refractivity contribution in [3.05, 3.63) is 0 Å². The lowest BCUT2D eigenvalue weighted by atomic mass is 10.1. The van der Waals surface area contributed by atoms with Crippen LogP contribution in [0, 0.1) is 0 Å². The van der Waals surface area contributed by atoms with Crippen molar-refractivity contribution in [3.8, 4) is 0 Å². The Kier molecular flexibility index (Phi) is 6.46. The molecular weight excluding hydrogens is 200 g/mol. The van der Waals surface area contributed by atoms with E-state index in [1.54, 1.807) is 0 Å². The summed E-state index contributed by atoms with van der Waals surface area (Å²) in [5.41, 5.74) is 0. The molecule has 0 aliphatic heterocycles. The van der Waals surface area contributed by atoms with E-state index in [-0.39, 0.29) is 5.91 Å². The molecule has 1 rings (SSSR count). The lowest BCUT2D eigenvalue weighted by Gasteiger charge is -2.27. The molecule has 0 aromatic rings. The third-order valence-corrected chi connectivity index (χ3v) is 3.47. The van der Waals surface area contributed by atoms with Gasteiger partial charge in [-0.3, -0.25) is 4.79 Å². The number of hydrogen-bond donors (Lipinski definition) is 1. The van der Waals surface area contributed by atoms with E-state index >= 15 is 0 Å². The predicted molar refractivity (Wildman–Crippen MR) is 67.4 cm³/mol. The van der Waals surface area contributed by atoms with Gasteiger partial charge < -0.3 is 10.2 Å². The number of carbonyl (C=O) groups excluding carboxylic acids is 1. The van der Waals surface area contributed by atoms with Crippen LogP contribution in [0.5, 0.6) is 0 Å². The monoisotopic (exact) mass is 226 g/mol. The van der Waals surface area contributed by atoms with Gasteiger partial charge in [0.15, 0.2) is 0 Å². The van der Waals surface area contributed by atoms with E-state index in [1.165, 1.54) is 38.5 Å². The van der Waals surface area contributed by atoms with Gasteiger partial charge in [0.05, 0.1) is 6.54 Å². The molecule has 0 radical (unpaired) electrons. The van der Waals surface area contributed by atoms with Gasteiger partial charge in [0, 0.05) is 13.1 Å². The highest BCUT2D eigenvalue weighted by Gasteiger charge is 2.20. The third kappa shape index (κ3) is 4.52. The maximum Gasteiger partial charge on any atom is 0.236 e. The Hall–Kier alpha value is -0.570. The van der Waals surface area contributed by atoms with Crippen LogP contribution in [0.25, 0.3) is 0 Å². The molecule has 0 aromatic carbocycles. The molecule has 3 heteroatoms. The predicted octanol–water partition coefficient (Wildman–Crippen LogP) is 2.17. The summed E-state index contributed by atoms with van der Waals surface area (Å²) in [7, 11) is 1.96. The third-order valence-electron chi connectivity index (χ3n) is 3.47. The second-order valence-corrected chi connectivity index (χ2v) is 4.83. The van der Waals surface area contributed by atoms with Crippen LogP contribution in [0.4, 0.5) is 0 Å². The van der Waals surface area contributed by atoms with Gasteiger partial charge in [-0.1, -0.05) is 32.6 Å². The van der Waals surface area contributed by atoms with Crippen LogP contribution in [0.1, 0.15) is 51.9 Å². The van der Waals surface area contributed by atoms with E-state index in [1.807, 2.05) is 11.9 Å². The Morgan fingerprint density at radius 1 is 1.25 bits per heavy atom. The summed E-state index contributed by atoms with van der Waals surface area (Å²) >= 11 is 0. The number of hydrogen-bond acceptors (Lipinski definition) is 2. The molecular formula is C13H26N2O. The highest BCUT2D eigenvalue weighted by molar-refractivity contribution is 5.78. The Balaban J connectivity index is 2.30. The molecule has 0 aromatic heterocycles. The molecule has 0 heterocycles. The molecule has 1 saturated carbocycles. The summed E-state index contributed by atoms with van der Waals surface area (Å²) in [5, 5.41) is 3.18. The minimum atomic E-state index is 0.250. The molecule has 16 heavy (non-hydrogen) atoms. The van der Waals surface area contributed by atoms with E-state index in [4.69, 9.17) is 0 Å². The van der Waals surface area contributed by atoms with Crippen LogP contribution in [0.2, 0.25) is 0 Å². The molecule has 1 N–H and O–H groups in total. The van der Waals surface area contributed by atoms with Crippen molar-refractivity contribution in [2.75, 3.05) is 20.1 Å². The summed E-state index contributed by atoms with van der Waals surface area (Å²) in [5.74, 6) is 0.250. The number of rotatable bonds is 5. The maximum atomic E-state index is 11.9. The number of nitrogens with zero attached hydrogens (tertiary/aromatic N) is 1. The van der Waals surface area contributed by atoms with Crippen LogP contribution < -0.4 is 5.32 Å². The lowest BCUT2D eigenvalue weighted by Crippen LogP contribution is -2.42. The van der Waals surface area contributed by atoms with Crippen LogP contribution >= 0.6 is 0 Å². The number of amides is 1. The van der Waals surface area contributed by atoms with Gasteiger partial charge in [0.1, 0.15) is 0 Å². The zero-order valence-electron chi connectivity index (χ0n) is 10.8. The van der Waals surface area contributed by atoms with E-state index < -0.39 is 0 Å². The highest BCUT2D eigenvalue weighted by Crippen LogP contribution is 2.20. The SMILES string of the molecule is CCCNCC(=O)N(C)C1CCCCCC1. The minimum Gasteiger partial charge on any atom is -0.342 e. The Morgan fingerprint density at radius 2 is 1.88 bits per heavy atom. The zero-order valence-corrected chi connectivity index (χ0v) is 10.8. The summed E-state index contributed by atoms with van der Waals surface area (Å²) in [4.78, 5) is 13.9.